The molecule has 1 atom stereocenters. The fourth-order valence-electron chi connectivity index (χ4n) is 3.52. The van der Waals surface area contributed by atoms with E-state index in [-0.39, 0.29) is 23.5 Å². The van der Waals surface area contributed by atoms with Crippen LogP contribution in [0.2, 0.25) is 0 Å². The van der Waals surface area contributed by atoms with Crippen molar-refractivity contribution in [1.29, 1.82) is 0 Å². The molecule has 0 saturated heterocycles. The normalized spacial score (nSPS) is 15.7. The number of ether oxygens (including phenoxy) is 2. The van der Waals surface area contributed by atoms with Crippen LogP contribution < -0.4 is 14.8 Å². The summed E-state index contributed by atoms with van der Waals surface area (Å²) in [5.41, 5.74) is 1.33. The minimum Gasteiger partial charge on any atom is -0.493 e. The van der Waals surface area contributed by atoms with Crippen LogP contribution in [0.1, 0.15) is 43.6 Å². The number of aryl methyl sites for hydroxylation is 1. The Balaban J connectivity index is 1.62. The Morgan fingerprint density at radius 3 is 2.62 bits per heavy atom. The van der Waals surface area contributed by atoms with Gasteiger partial charge in [0.25, 0.3) is 0 Å². The first-order valence-electron chi connectivity index (χ1n) is 9.83. The van der Waals surface area contributed by atoms with Crippen molar-refractivity contribution >= 4 is 16.7 Å². The number of carbonyl (C=O) groups excluding carboxylic acids is 1. The van der Waals surface area contributed by atoms with Crippen molar-refractivity contribution < 1.29 is 22.9 Å². The van der Waals surface area contributed by atoms with Gasteiger partial charge in [-0.15, -0.1) is 0 Å². The number of carbonyl (C=O) groups is 1. The maximum Gasteiger partial charge on any atom is 0.232 e. The highest BCUT2D eigenvalue weighted by molar-refractivity contribution is 7.84. The van der Waals surface area contributed by atoms with Gasteiger partial charge in [-0.25, -0.2) is 4.98 Å². The largest absolute Gasteiger partial charge is 0.493 e. The molecular weight excluding hydrogens is 392 g/mol. The summed E-state index contributed by atoms with van der Waals surface area (Å²) in [5.74, 6) is 2.21. The zero-order valence-electron chi connectivity index (χ0n) is 17.2. The average Bonchev–Trinajstić information content (AvgIpc) is 3.08. The second-order valence-corrected chi connectivity index (χ2v) is 8.68. The summed E-state index contributed by atoms with van der Waals surface area (Å²) in [5, 5.41) is 3.00. The van der Waals surface area contributed by atoms with Crippen molar-refractivity contribution in [3.63, 3.8) is 0 Å². The Labute approximate surface area is 173 Å². The molecule has 1 N–H and O–H groups in total. The van der Waals surface area contributed by atoms with Gasteiger partial charge >= 0.3 is 0 Å². The number of nitrogens with zero attached hydrogens (tertiary/aromatic N) is 1. The first kappa shape index (κ1) is 21.4. The van der Waals surface area contributed by atoms with Crippen LogP contribution in [-0.4, -0.2) is 41.1 Å². The van der Waals surface area contributed by atoms with E-state index >= 15 is 0 Å². The van der Waals surface area contributed by atoms with E-state index in [1.54, 1.807) is 33.3 Å². The van der Waals surface area contributed by atoms with E-state index in [1.165, 1.54) is 6.42 Å². The number of aromatic nitrogens is 1. The predicted molar refractivity (Wildman–Crippen MR) is 112 cm³/mol. The SMILES string of the molecule is COc1ccc(-c2nc(C[S@@](=O)CC(=O)NC3CCCCC3)c(C)o2)cc1OC. The molecule has 0 spiro atoms. The van der Waals surface area contributed by atoms with Gasteiger partial charge in [-0.2, -0.15) is 0 Å². The van der Waals surface area contributed by atoms with Crippen molar-refractivity contribution in [3.05, 3.63) is 29.7 Å². The summed E-state index contributed by atoms with van der Waals surface area (Å²) < 4.78 is 28.8. The third-order valence-corrected chi connectivity index (χ3v) is 6.26. The topological polar surface area (TPSA) is 90.7 Å². The van der Waals surface area contributed by atoms with Crippen LogP contribution in [0.3, 0.4) is 0 Å². The Morgan fingerprint density at radius 2 is 1.93 bits per heavy atom. The van der Waals surface area contributed by atoms with Gasteiger partial charge in [-0.3, -0.25) is 9.00 Å². The van der Waals surface area contributed by atoms with E-state index in [0.717, 1.165) is 31.2 Å². The maximum absolute atomic E-state index is 12.5. The lowest BCUT2D eigenvalue weighted by atomic mass is 9.95. The summed E-state index contributed by atoms with van der Waals surface area (Å²) >= 11 is 0. The van der Waals surface area contributed by atoms with E-state index in [2.05, 4.69) is 10.3 Å². The Kier molecular flexibility index (Phi) is 7.30. The number of amides is 1. The van der Waals surface area contributed by atoms with Crippen LogP contribution in [-0.2, 0) is 21.3 Å². The summed E-state index contributed by atoms with van der Waals surface area (Å²) in [4.78, 5) is 16.7. The third kappa shape index (κ3) is 5.59. The number of hydrogen-bond acceptors (Lipinski definition) is 6. The highest BCUT2D eigenvalue weighted by atomic mass is 32.2. The molecule has 1 fully saturated rings. The fourth-order valence-corrected chi connectivity index (χ4v) is 4.57. The molecule has 1 aromatic carbocycles. The molecule has 0 bridgehead atoms. The maximum atomic E-state index is 12.5. The van der Waals surface area contributed by atoms with Crippen LogP contribution in [0, 0.1) is 6.92 Å². The molecule has 1 saturated carbocycles. The van der Waals surface area contributed by atoms with Crippen LogP contribution in [0.15, 0.2) is 22.6 Å². The molecule has 0 aliphatic heterocycles. The summed E-state index contributed by atoms with van der Waals surface area (Å²) in [7, 11) is 1.79. The fraction of sp³-hybridized carbons (Fsp3) is 0.524. The van der Waals surface area contributed by atoms with Gasteiger partial charge < -0.3 is 19.2 Å². The number of oxazole rings is 1. The Morgan fingerprint density at radius 1 is 1.21 bits per heavy atom. The molecule has 7 nitrogen and oxygen atoms in total. The quantitative estimate of drug-likeness (QED) is 0.704. The van der Waals surface area contributed by atoms with Crippen molar-refractivity contribution in [1.82, 2.24) is 10.3 Å². The summed E-state index contributed by atoms with van der Waals surface area (Å²) in [6, 6.07) is 5.60. The van der Waals surface area contributed by atoms with E-state index < -0.39 is 10.8 Å². The van der Waals surface area contributed by atoms with Gasteiger partial charge in [0.2, 0.25) is 11.8 Å². The zero-order chi connectivity index (χ0) is 20.8. The highest BCUT2D eigenvalue weighted by Gasteiger charge is 2.19. The Hall–Kier alpha value is -2.35. The first-order valence-corrected chi connectivity index (χ1v) is 11.3. The zero-order valence-corrected chi connectivity index (χ0v) is 18.0. The molecule has 1 amide bonds. The number of hydrogen-bond donors (Lipinski definition) is 1. The molecule has 29 heavy (non-hydrogen) atoms. The number of benzene rings is 1. The van der Waals surface area contributed by atoms with Crippen LogP contribution >= 0.6 is 0 Å². The van der Waals surface area contributed by atoms with Gasteiger partial charge in [-0.05, 0) is 38.0 Å². The number of methoxy groups -OCH3 is 2. The molecular formula is C21H28N2O5S. The van der Waals surface area contributed by atoms with E-state index in [9.17, 15) is 9.00 Å². The van der Waals surface area contributed by atoms with E-state index in [4.69, 9.17) is 13.9 Å². The number of rotatable bonds is 8. The minimum atomic E-state index is -1.35. The highest BCUT2D eigenvalue weighted by Crippen LogP contribution is 2.32. The van der Waals surface area contributed by atoms with E-state index in [1.807, 2.05) is 6.07 Å². The van der Waals surface area contributed by atoms with Crippen LogP contribution in [0.4, 0.5) is 0 Å². The molecule has 2 aromatic rings. The molecule has 3 rings (SSSR count). The Bertz CT molecular complexity index is 874. The number of nitrogens with one attached hydrogen (secondary N) is 1. The van der Waals surface area contributed by atoms with Crippen LogP contribution in [0.25, 0.3) is 11.5 Å². The minimum absolute atomic E-state index is 0.0194. The van der Waals surface area contributed by atoms with Gasteiger partial charge in [0.1, 0.15) is 11.5 Å². The van der Waals surface area contributed by atoms with Gasteiger partial charge in [-0.1, -0.05) is 19.3 Å². The summed E-state index contributed by atoms with van der Waals surface area (Å²) in [6.45, 7) is 1.78. The molecule has 158 valence electrons. The van der Waals surface area contributed by atoms with Gasteiger partial charge in [0.15, 0.2) is 11.5 Å². The van der Waals surface area contributed by atoms with Crippen molar-refractivity contribution in [2.24, 2.45) is 0 Å². The average molecular weight is 421 g/mol. The van der Waals surface area contributed by atoms with Crippen LogP contribution in [0.5, 0.6) is 11.5 Å². The molecule has 1 aromatic heterocycles. The summed E-state index contributed by atoms with van der Waals surface area (Å²) in [6.07, 6.45) is 5.53. The molecule has 8 heteroatoms. The van der Waals surface area contributed by atoms with Gasteiger partial charge in [0, 0.05) is 22.4 Å². The second kappa shape index (κ2) is 9.91. The third-order valence-electron chi connectivity index (χ3n) is 5.08. The lowest BCUT2D eigenvalue weighted by molar-refractivity contribution is -0.119. The molecule has 0 radical (unpaired) electrons. The molecule has 1 heterocycles. The second-order valence-electron chi connectivity index (χ2n) is 7.22. The first-order chi connectivity index (χ1) is 14.0. The molecule has 1 aliphatic carbocycles. The molecule has 1 aliphatic rings. The monoisotopic (exact) mass is 420 g/mol. The molecule has 0 unspecified atom stereocenters. The van der Waals surface area contributed by atoms with Crippen molar-refractivity contribution in [3.8, 4) is 23.0 Å². The van der Waals surface area contributed by atoms with Gasteiger partial charge in [0.05, 0.1) is 25.7 Å². The van der Waals surface area contributed by atoms with Crippen molar-refractivity contribution in [2.45, 2.75) is 50.8 Å². The lowest BCUT2D eigenvalue weighted by Crippen LogP contribution is -2.38. The van der Waals surface area contributed by atoms with Crippen molar-refractivity contribution in [2.75, 3.05) is 20.0 Å². The standard InChI is InChI=1S/C21H28N2O5S/c1-14-17(12-29(25)13-20(24)22-16-7-5-4-6-8-16)23-21(28-14)15-9-10-18(26-2)19(11-15)27-3/h9-11,16H,4-8,12-13H2,1-3H3,(H,22,24)/t29-/m1/s1. The lowest BCUT2D eigenvalue weighted by Gasteiger charge is -2.22. The predicted octanol–water partition coefficient (Wildman–Crippen LogP) is 3.36. The van der Waals surface area contributed by atoms with E-state index in [0.29, 0.717) is 28.8 Å². The smallest absolute Gasteiger partial charge is 0.232 e.